The van der Waals surface area contributed by atoms with Gasteiger partial charge in [-0.25, -0.2) is 4.98 Å². The number of fused-ring (bicyclic) bond motifs is 1. The van der Waals surface area contributed by atoms with Crippen molar-refractivity contribution in [1.82, 2.24) is 20.3 Å². The number of rotatable bonds is 7. The lowest BCUT2D eigenvalue weighted by Crippen LogP contribution is -2.33. The molecule has 30 heavy (non-hydrogen) atoms. The van der Waals surface area contributed by atoms with E-state index in [1.807, 2.05) is 49.4 Å². The van der Waals surface area contributed by atoms with E-state index in [9.17, 15) is 4.79 Å². The maximum absolute atomic E-state index is 12.5. The highest BCUT2D eigenvalue weighted by Crippen LogP contribution is 2.29. The third kappa shape index (κ3) is 4.28. The summed E-state index contributed by atoms with van der Waals surface area (Å²) in [7, 11) is 0. The molecule has 0 aliphatic heterocycles. The van der Waals surface area contributed by atoms with Crippen molar-refractivity contribution in [2.45, 2.75) is 19.4 Å². The third-order valence-corrected chi connectivity index (χ3v) is 5.12. The van der Waals surface area contributed by atoms with Crippen molar-refractivity contribution in [2.75, 3.05) is 6.61 Å². The van der Waals surface area contributed by atoms with E-state index in [1.54, 1.807) is 24.5 Å². The Morgan fingerprint density at radius 1 is 1.13 bits per heavy atom. The lowest BCUT2D eigenvalue weighted by Gasteiger charge is -2.15. The SMILES string of the molecule is CCC(NC(=O)COc1ccc(Cl)c2cccnc12)c1ncc(-c2ccccc2)[nH]1. The van der Waals surface area contributed by atoms with Gasteiger partial charge in [0.05, 0.1) is 23.0 Å². The summed E-state index contributed by atoms with van der Waals surface area (Å²) in [6.45, 7) is 1.86. The number of nitrogens with one attached hydrogen (secondary N) is 2. The molecule has 1 unspecified atom stereocenters. The molecule has 4 aromatic rings. The molecule has 0 spiro atoms. The van der Waals surface area contributed by atoms with Crippen LogP contribution in [0.15, 0.2) is 67.0 Å². The summed E-state index contributed by atoms with van der Waals surface area (Å²) in [6, 6.07) is 16.8. The molecule has 1 atom stereocenters. The van der Waals surface area contributed by atoms with Crippen molar-refractivity contribution in [2.24, 2.45) is 0 Å². The molecule has 4 rings (SSSR count). The van der Waals surface area contributed by atoms with E-state index >= 15 is 0 Å². The van der Waals surface area contributed by atoms with Crippen molar-refractivity contribution in [3.63, 3.8) is 0 Å². The van der Waals surface area contributed by atoms with E-state index < -0.39 is 0 Å². The second kappa shape index (κ2) is 8.97. The Labute approximate surface area is 179 Å². The van der Waals surface area contributed by atoms with Crippen LogP contribution in [0.4, 0.5) is 0 Å². The van der Waals surface area contributed by atoms with Gasteiger partial charge in [0.2, 0.25) is 0 Å². The molecule has 0 radical (unpaired) electrons. The fourth-order valence-electron chi connectivity index (χ4n) is 3.25. The summed E-state index contributed by atoms with van der Waals surface area (Å²) in [5.74, 6) is 0.990. The minimum Gasteiger partial charge on any atom is -0.481 e. The number of aromatic amines is 1. The largest absolute Gasteiger partial charge is 0.481 e. The van der Waals surface area contributed by atoms with Crippen molar-refractivity contribution < 1.29 is 9.53 Å². The Kier molecular flexibility index (Phi) is 5.95. The standard InChI is InChI=1S/C23H21ClN4O2/c1-2-18(23-26-13-19(28-23)15-7-4-3-5-8-15)27-21(29)14-30-20-11-10-17(24)16-9-6-12-25-22(16)20/h3-13,18H,2,14H2,1H3,(H,26,28)(H,27,29). The number of pyridine rings is 1. The number of carbonyl (C=O) groups is 1. The lowest BCUT2D eigenvalue weighted by atomic mass is 10.2. The summed E-state index contributed by atoms with van der Waals surface area (Å²) in [4.78, 5) is 24.6. The van der Waals surface area contributed by atoms with Gasteiger partial charge in [0, 0.05) is 11.6 Å². The number of benzene rings is 2. The molecule has 152 valence electrons. The van der Waals surface area contributed by atoms with Crippen LogP contribution >= 0.6 is 11.6 Å². The van der Waals surface area contributed by atoms with Gasteiger partial charge in [0.1, 0.15) is 17.1 Å². The number of aromatic nitrogens is 3. The highest BCUT2D eigenvalue weighted by atomic mass is 35.5. The zero-order chi connectivity index (χ0) is 20.9. The number of imidazole rings is 1. The zero-order valence-electron chi connectivity index (χ0n) is 16.4. The number of amides is 1. The van der Waals surface area contributed by atoms with Crippen LogP contribution in [0.1, 0.15) is 25.2 Å². The molecule has 0 aliphatic rings. The summed E-state index contributed by atoms with van der Waals surface area (Å²) in [5, 5.41) is 4.35. The minimum atomic E-state index is -0.237. The predicted octanol–water partition coefficient (Wildman–Crippen LogP) is 4.92. The Morgan fingerprint density at radius 2 is 1.97 bits per heavy atom. The van der Waals surface area contributed by atoms with E-state index in [-0.39, 0.29) is 18.6 Å². The third-order valence-electron chi connectivity index (χ3n) is 4.79. The number of ether oxygens (including phenoxy) is 1. The molecular formula is C23H21ClN4O2. The average molecular weight is 421 g/mol. The minimum absolute atomic E-state index is 0.129. The molecule has 1 amide bonds. The van der Waals surface area contributed by atoms with Gasteiger partial charge in [-0.05, 0) is 36.2 Å². The maximum Gasteiger partial charge on any atom is 0.258 e. The smallest absolute Gasteiger partial charge is 0.258 e. The van der Waals surface area contributed by atoms with Crippen LogP contribution in [-0.2, 0) is 4.79 Å². The first kappa shape index (κ1) is 19.9. The first-order valence-corrected chi connectivity index (χ1v) is 10.1. The van der Waals surface area contributed by atoms with E-state index in [1.165, 1.54) is 0 Å². The lowest BCUT2D eigenvalue weighted by molar-refractivity contribution is -0.123. The monoisotopic (exact) mass is 420 g/mol. The molecule has 2 N–H and O–H groups in total. The fourth-order valence-corrected chi connectivity index (χ4v) is 3.47. The molecule has 2 aromatic heterocycles. The highest BCUT2D eigenvalue weighted by Gasteiger charge is 2.17. The van der Waals surface area contributed by atoms with Gasteiger partial charge in [0.25, 0.3) is 5.91 Å². The molecule has 2 heterocycles. The number of carbonyl (C=O) groups excluding carboxylic acids is 1. The Morgan fingerprint density at radius 3 is 2.77 bits per heavy atom. The summed E-state index contributed by atoms with van der Waals surface area (Å²) >= 11 is 6.21. The zero-order valence-corrected chi connectivity index (χ0v) is 17.2. The van der Waals surface area contributed by atoms with Crippen LogP contribution in [0.2, 0.25) is 5.02 Å². The molecule has 0 bridgehead atoms. The van der Waals surface area contributed by atoms with Gasteiger partial charge < -0.3 is 15.0 Å². The van der Waals surface area contributed by atoms with Crippen LogP contribution in [0.25, 0.3) is 22.2 Å². The molecule has 0 aliphatic carbocycles. The topological polar surface area (TPSA) is 79.9 Å². The first-order chi connectivity index (χ1) is 14.7. The van der Waals surface area contributed by atoms with Crippen LogP contribution < -0.4 is 10.1 Å². The van der Waals surface area contributed by atoms with Crippen molar-refractivity contribution >= 4 is 28.4 Å². The maximum atomic E-state index is 12.5. The highest BCUT2D eigenvalue weighted by molar-refractivity contribution is 6.35. The van der Waals surface area contributed by atoms with Crippen molar-refractivity contribution in [3.8, 4) is 17.0 Å². The van der Waals surface area contributed by atoms with Gasteiger partial charge in [-0.2, -0.15) is 0 Å². The number of nitrogens with zero attached hydrogens (tertiary/aromatic N) is 2. The average Bonchev–Trinajstić information content (AvgIpc) is 3.28. The Balaban J connectivity index is 1.42. The molecular weight excluding hydrogens is 400 g/mol. The Hall–Kier alpha value is -3.38. The summed E-state index contributed by atoms with van der Waals surface area (Å²) in [5.41, 5.74) is 2.58. The van der Waals surface area contributed by atoms with Gasteiger partial charge in [-0.1, -0.05) is 48.9 Å². The molecule has 6 nitrogen and oxygen atoms in total. The molecule has 0 saturated heterocycles. The van der Waals surface area contributed by atoms with Gasteiger partial charge in [-0.3, -0.25) is 9.78 Å². The molecule has 0 saturated carbocycles. The number of halogens is 1. The molecule has 0 fully saturated rings. The van der Waals surface area contributed by atoms with Crippen molar-refractivity contribution in [3.05, 3.63) is 77.8 Å². The molecule has 2 aromatic carbocycles. The first-order valence-electron chi connectivity index (χ1n) is 9.71. The van der Waals surface area contributed by atoms with E-state index in [2.05, 4.69) is 20.3 Å². The summed E-state index contributed by atoms with van der Waals surface area (Å²) < 4.78 is 5.73. The quantitative estimate of drug-likeness (QED) is 0.444. The van der Waals surface area contributed by atoms with Gasteiger partial charge in [0.15, 0.2) is 6.61 Å². The van der Waals surface area contributed by atoms with Gasteiger partial charge in [-0.15, -0.1) is 0 Å². The number of H-pyrrole nitrogens is 1. The van der Waals surface area contributed by atoms with Crippen molar-refractivity contribution in [1.29, 1.82) is 0 Å². The van der Waals surface area contributed by atoms with Crippen LogP contribution in [0.5, 0.6) is 5.75 Å². The van der Waals surface area contributed by atoms with Crippen LogP contribution in [0, 0.1) is 0 Å². The summed E-state index contributed by atoms with van der Waals surface area (Å²) in [6.07, 6.45) is 4.14. The number of hydrogen-bond acceptors (Lipinski definition) is 4. The van der Waals surface area contributed by atoms with Crippen LogP contribution in [0.3, 0.4) is 0 Å². The second-order valence-corrected chi connectivity index (χ2v) is 7.22. The second-order valence-electron chi connectivity index (χ2n) is 6.81. The number of hydrogen-bond donors (Lipinski definition) is 2. The van der Waals surface area contributed by atoms with E-state index in [4.69, 9.17) is 16.3 Å². The fraction of sp³-hybridized carbons (Fsp3) is 0.174. The normalized spacial score (nSPS) is 11.9. The molecule has 7 heteroatoms. The Bertz CT molecular complexity index is 1160. The van der Waals surface area contributed by atoms with Crippen LogP contribution in [-0.4, -0.2) is 27.5 Å². The van der Waals surface area contributed by atoms with E-state index in [0.717, 1.165) is 16.6 Å². The van der Waals surface area contributed by atoms with E-state index in [0.29, 0.717) is 28.5 Å². The predicted molar refractivity (Wildman–Crippen MR) is 117 cm³/mol. The van der Waals surface area contributed by atoms with Gasteiger partial charge >= 0.3 is 0 Å².